The van der Waals surface area contributed by atoms with Gasteiger partial charge >= 0.3 is 0 Å². The van der Waals surface area contributed by atoms with Crippen molar-refractivity contribution in [1.29, 1.82) is 0 Å². The Morgan fingerprint density at radius 3 is 2.43 bits per heavy atom. The van der Waals surface area contributed by atoms with Crippen LogP contribution < -0.4 is 0 Å². The number of benzene rings is 1. The van der Waals surface area contributed by atoms with Crippen LogP contribution in [-0.4, -0.2) is 18.5 Å². The summed E-state index contributed by atoms with van der Waals surface area (Å²) in [4.78, 5) is 2.13. The first kappa shape index (κ1) is 13.5. The molecule has 0 saturated carbocycles. The van der Waals surface area contributed by atoms with Crippen molar-refractivity contribution in [2.24, 2.45) is 0 Å². The van der Waals surface area contributed by atoms with Gasteiger partial charge in [0.1, 0.15) is 0 Å². The normalized spacial score (nSPS) is 9.64. The maximum absolute atomic E-state index is 5.70. The van der Waals surface area contributed by atoms with Crippen molar-refractivity contribution in [3.8, 4) is 0 Å². The first-order chi connectivity index (χ1) is 6.18. The zero-order valence-corrected chi connectivity index (χ0v) is 9.81. The van der Waals surface area contributed by atoms with Crippen LogP contribution in [0.1, 0.15) is 5.56 Å². The largest absolute Gasteiger partial charge is 0.297 e. The zero-order chi connectivity index (χ0) is 9.68. The van der Waals surface area contributed by atoms with Crippen LogP contribution in [0.3, 0.4) is 0 Å². The molecule has 0 unspecified atom stereocenters. The van der Waals surface area contributed by atoms with Crippen LogP contribution in [0.25, 0.3) is 0 Å². The molecule has 14 heavy (non-hydrogen) atoms. The fraction of sp³-hybridized carbons (Fsp3) is 0.273. The summed E-state index contributed by atoms with van der Waals surface area (Å²) in [6, 6.07) is 10.3. The molecule has 0 N–H and O–H groups in total. The summed E-state index contributed by atoms with van der Waals surface area (Å²) in [5.74, 6) is 0. The van der Waals surface area contributed by atoms with Gasteiger partial charge < -0.3 is 0 Å². The second kappa shape index (κ2) is 6.88. The van der Waals surface area contributed by atoms with E-state index in [0.29, 0.717) is 5.03 Å². The molecule has 0 fully saturated rings. The number of likely N-dealkylation sites (N-methyl/N-ethyl adjacent to an activating group) is 1. The summed E-state index contributed by atoms with van der Waals surface area (Å²) in [5, 5.41) is 0.679. The lowest BCUT2D eigenvalue weighted by molar-refractivity contribution is 0.361. The lowest BCUT2D eigenvalue weighted by atomic mass is 10.2. The van der Waals surface area contributed by atoms with Crippen LogP contribution in [0, 0.1) is 0 Å². The molecule has 0 amide bonds. The second-order valence-corrected chi connectivity index (χ2v) is 3.71. The minimum Gasteiger partial charge on any atom is -0.297 e. The highest BCUT2D eigenvalue weighted by atomic mass is 35.5. The Morgan fingerprint density at radius 2 is 1.93 bits per heavy atom. The molecular formula is C11H15Cl2N. The minimum atomic E-state index is 0. The zero-order valence-electron chi connectivity index (χ0n) is 8.24. The Balaban J connectivity index is 0.00000169. The fourth-order valence-corrected chi connectivity index (χ4v) is 1.45. The molecule has 0 aliphatic rings. The predicted molar refractivity (Wildman–Crippen MR) is 65.0 cm³/mol. The van der Waals surface area contributed by atoms with Gasteiger partial charge in [-0.05, 0) is 12.6 Å². The standard InChI is InChI=1S/C11H14ClN.ClH/c1-10(12)8-13(2)9-11-6-4-3-5-7-11;/h3-7H,1,8-9H2,2H3;1H. The van der Waals surface area contributed by atoms with Gasteiger partial charge in [0, 0.05) is 18.1 Å². The van der Waals surface area contributed by atoms with Gasteiger partial charge in [-0.1, -0.05) is 48.5 Å². The molecule has 0 spiro atoms. The first-order valence-electron chi connectivity index (χ1n) is 4.24. The number of hydrogen-bond acceptors (Lipinski definition) is 1. The molecule has 0 aliphatic carbocycles. The van der Waals surface area contributed by atoms with Crippen LogP contribution >= 0.6 is 24.0 Å². The number of hydrogen-bond donors (Lipinski definition) is 0. The molecule has 0 atom stereocenters. The Morgan fingerprint density at radius 1 is 1.36 bits per heavy atom. The van der Waals surface area contributed by atoms with E-state index in [-0.39, 0.29) is 12.4 Å². The van der Waals surface area contributed by atoms with E-state index in [9.17, 15) is 0 Å². The number of halogens is 2. The summed E-state index contributed by atoms with van der Waals surface area (Å²) in [5.41, 5.74) is 1.29. The van der Waals surface area contributed by atoms with E-state index in [1.807, 2.05) is 25.2 Å². The smallest absolute Gasteiger partial charge is 0.0336 e. The topological polar surface area (TPSA) is 3.24 Å². The maximum atomic E-state index is 5.70. The van der Waals surface area contributed by atoms with Gasteiger partial charge in [-0.25, -0.2) is 0 Å². The van der Waals surface area contributed by atoms with E-state index >= 15 is 0 Å². The van der Waals surface area contributed by atoms with Gasteiger partial charge in [-0.3, -0.25) is 4.90 Å². The van der Waals surface area contributed by atoms with Gasteiger partial charge in [0.2, 0.25) is 0 Å². The molecule has 1 aromatic rings. The van der Waals surface area contributed by atoms with Gasteiger partial charge in [0.05, 0.1) is 0 Å². The van der Waals surface area contributed by atoms with Crippen LogP contribution in [0.2, 0.25) is 0 Å². The number of nitrogens with zero attached hydrogens (tertiary/aromatic N) is 1. The third kappa shape index (κ3) is 5.28. The monoisotopic (exact) mass is 231 g/mol. The SMILES string of the molecule is C=C(Cl)CN(C)Cc1ccccc1.Cl. The summed E-state index contributed by atoms with van der Waals surface area (Å²) in [6.07, 6.45) is 0. The lowest BCUT2D eigenvalue weighted by Crippen LogP contribution is -2.18. The fourth-order valence-electron chi connectivity index (χ4n) is 1.24. The molecule has 0 aliphatic heterocycles. The molecule has 0 radical (unpaired) electrons. The molecule has 1 rings (SSSR count). The molecule has 0 bridgehead atoms. The van der Waals surface area contributed by atoms with Crippen LogP contribution in [-0.2, 0) is 6.54 Å². The Labute approximate surface area is 96.8 Å². The minimum absolute atomic E-state index is 0. The van der Waals surface area contributed by atoms with E-state index in [2.05, 4.69) is 23.6 Å². The van der Waals surface area contributed by atoms with Crippen LogP contribution in [0.4, 0.5) is 0 Å². The van der Waals surface area contributed by atoms with Crippen molar-refractivity contribution < 1.29 is 0 Å². The highest BCUT2D eigenvalue weighted by Gasteiger charge is 1.99. The molecule has 0 heterocycles. The molecule has 3 heteroatoms. The summed E-state index contributed by atoms with van der Waals surface area (Å²) < 4.78 is 0. The van der Waals surface area contributed by atoms with E-state index in [0.717, 1.165) is 13.1 Å². The van der Waals surface area contributed by atoms with Gasteiger partial charge in [0.15, 0.2) is 0 Å². The van der Waals surface area contributed by atoms with Crippen molar-refractivity contribution in [2.75, 3.05) is 13.6 Å². The quantitative estimate of drug-likeness (QED) is 0.769. The summed E-state index contributed by atoms with van der Waals surface area (Å²) >= 11 is 5.70. The van der Waals surface area contributed by atoms with Gasteiger partial charge in [-0.2, -0.15) is 0 Å². The van der Waals surface area contributed by atoms with Gasteiger partial charge in [-0.15, -0.1) is 12.4 Å². The van der Waals surface area contributed by atoms with Crippen LogP contribution in [0.15, 0.2) is 41.9 Å². The lowest BCUT2D eigenvalue weighted by Gasteiger charge is -2.15. The van der Waals surface area contributed by atoms with Crippen LogP contribution in [0.5, 0.6) is 0 Å². The van der Waals surface area contributed by atoms with Gasteiger partial charge in [0.25, 0.3) is 0 Å². The van der Waals surface area contributed by atoms with Crippen molar-refractivity contribution in [3.63, 3.8) is 0 Å². The maximum Gasteiger partial charge on any atom is 0.0336 e. The summed E-state index contributed by atoms with van der Waals surface area (Å²) in [6.45, 7) is 5.30. The Hall–Kier alpha value is -0.500. The van der Waals surface area contributed by atoms with Crippen molar-refractivity contribution in [2.45, 2.75) is 6.54 Å². The molecule has 1 nitrogen and oxygen atoms in total. The Kier molecular flexibility index (Phi) is 6.64. The average Bonchev–Trinajstić information content (AvgIpc) is 2.04. The highest BCUT2D eigenvalue weighted by Crippen LogP contribution is 2.05. The third-order valence-electron chi connectivity index (χ3n) is 1.74. The van der Waals surface area contributed by atoms with E-state index in [1.165, 1.54) is 5.56 Å². The van der Waals surface area contributed by atoms with E-state index in [4.69, 9.17) is 11.6 Å². The van der Waals surface area contributed by atoms with Crippen molar-refractivity contribution in [1.82, 2.24) is 4.90 Å². The second-order valence-electron chi connectivity index (χ2n) is 3.18. The molecular weight excluding hydrogens is 217 g/mol. The molecule has 0 aromatic heterocycles. The molecule has 0 saturated heterocycles. The van der Waals surface area contributed by atoms with E-state index in [1.54, 1.807) is 0 Å². The summed E-state index contributed by atoms with van der Waals surface area (Å²) in [7, 11) is 2.03. The van der Waals surface area contributed by atoms with Crippen molar-refractivity contribution in [3.05, 3.63) is 47.5 Å². The van der Waals surface area contributed by atoms with E-state index < -0.39 is 0 Å². The highest BCUT2D eigenvalue weighted by molar-refractivity contribution is 6.29. The predicted octanol–water partition coefficient (Wildman–Crippen LogP) is 3.29. The molecule has 1 aromatic carbocycles. The average molecular weight is 232 g/mol. The third-order valence-corrected chi connectivity index (χ3v) is 1.86. The first-order valence-corrected chi connectivity index (χ1v) is 4.62. The Bertz CT molecular complexity index is 272. The van der Waals surface area contributed by atoms with Crippen molar-refractivity contribution >= 4 is 24.0 Å². The molecule has 78 valence electrons. The number of rotatable bonds is 4.